The third kappa shape index (κ3) is 4.08. The van der Waals surface area contributed by atoms with Crippen LogP contribution in [-0.2, 0) is 4.79 Å². The Bertz CT molecular complexity index is 576. The van der Waals surface area contributed by atoms with Gasteiger partial charge < -0.3 is 25.4 Å². The first-order valence-corrected chi connectivity index (χ1v) is 7.82. The highest BCUT2D eigenvalue weighted by Crippen LogP contribution is 2.30. The van der Waals surface area contributed by atoms with Gasteiger partial charge >= 0.3 is 0 Å². The summed E-state index contributed by atoms with van der Waals surface area (Å²) in [6, 6.07) is 1.97. The van der Waals surface area contributed by atoms with E-state index in [2.05, 4.69) is 20.9 Å². The minimum absolute atomic E-state index is 0.0109. The normalized spacial score (nSPS) is 22.7. The van der Waals surface area contributed by atoms with Crippen molar-refractivity contribution in [2.45, 2.75) is 31.8 Å². The number of halogens is 1. The average Bonchev–Trinajstić information content (AvgIpc) is 2.39. The molecule has 7 nitrogen and oxygen atoms in total. The number of hydrogen-bond acceptors (Lipinski definition) is 6. The Morgan fingerprint density at radius 1 is 1.30 bits per heavy atom. The highest BCUT2D eigenvalue weighted by molar-refractivity contribution is 5.88. The van der Waals surface area contributed by atoms with Crippen molar-refractivity contribution < 1.29 is 18.7 Å². The number of rotatable bonds is 7. The number of hydrogen-bond donors (Lipinski definition) is 3. The first kappa shape index (κ1) is 15.9. The van der Waals surface area contributed by atoms with Crippen molar-refractivity contribution in [3.05, 3.63) is 12.0 Å². The quantitative estimate of drug-likeness (QED) is 0.639. The molecule has 1 aromatic heterocycles. The summed E-state index contributed by atoms with van der Waals surface area (Å²) >= 11 is 0. The SMILES string of the molecule is CC(=O)Nc1cc(OC[C@@H]2CCN2)c(OC[C@@H]2CCN2)nc1F. The van der Waals surface area contributed by atoms with Gasteiger partial charge in [-0.3, -0.25) is 4.79 Å². The number of nitrogens with one attached hydrogen (secondary N) is 3. The maximum Gasteiger partial charge on any atom is 0.259 e. The number of ether oxygens (including phenoxy) is 2. The number of anilines is 1. The molecule has 2 fully saturated rings. The molecule has 0 saturated carbocycles. The molecule has 2 aliphatic heterocycles. The van der Waals surface area contributed by atoms with E-state index in [1.807, 2.05) is 0 Å². The van der Waals surface area contributed by atoms with Crippen molar-refractivity contribution in [3.8, 4) is 11.6 Å². The zero-order valence-corrected chi connectivity index (χ0v) is 13.0. The third-order valence-corrected chi connectivity index (χ3v) is 3.93. The van der Waals surface area contributed by atoms with Crippen LogP contribution in [-0.4, -0.2) is 49.3 Å². The lowest BCUT2D eigenvalue weighted by Gasteiger charge is -2.29. The molecule has 23 heavy (non-hydrogen) atoms. The van der Waals surface area contributed by atoms with Crippen molar-refractivity contribution in [1.29, 1.82) is 0 Å². The fraction of sp³-hybridized carbons (Fsp3) is 0.600. The second-order valence-electron chi connectivity index (χ2n) is 5.81. The van der Waals surface area contributed by atoms with Crippen molar-refractivity contribution >= 4 is 11.6 Å². The van der Waals surface area contributed by atoms with Crippen LogP contribution in [0, 0.1) is 5.95 Å². The minimum atomic E-state index is -0.786. The van der Waals surface area contributed by atoms with Gasteiger partial charge in [0.05, 0.1) is 0 Å². The lowest BCUT2D eigenvalue weighted by Crippen LogP contribution is -2.47. The fourth-order valence-electron chi connectivity index (χ4n) is 2.29. The zero-order chi connectivity index (χ0) is 16.2. The van der Waals surface area contributed by atoms with E-state index >= 15 is 0 Å². The van der Waals surface area contributed by atoms with Gasteiger partial charge in [-0.2, -0.15) is 9.37 Å². The van der Waals surface area contributed by atoms with Gasteiger partial charge in [-0.05, 0) is 25.9 Å². The minimum Gasteiger partial charge on any atom is -0.486 e. The van der Waals surface area contributed by atoms with Gasteiger partial charge in [-0.15, -0.1) is 0 Å². The van der Waals surface area contributed by atoms with E-state index in [4.69, 9.17) is 9.47 Å². The van der Waals surface area contributed by atoms with E-state index in [1.54, 1.807) is 0 Å². The van der Waals surface area contributed by atoms with Gasteiger partial charge in [0.2, 0.25) is 11.9 Å². The standard InChI is InChI=1S/C15H21FN4O3/c1-9(21)19-12-6-13(22-7-10-2-4-17-10)15(20-14(12)16)23-8-11-3-5-18-11/h6,10-11,17-18H,2-5,7-8H2,1H3,(H,19,21)/t10-,11-/m0/s1. The molecule has 2 saturated heterocycles. The number of amides is 1. The molecule has 1 aromatic rings. The number of carbonyl (C=O) groups excluding carboxylic acids is 1. The fourth-order valence-corrected chi connectivity index (χ4v) is 2.29. The molecule has 0 radical (unpaired) electrons. The first-order valence-electron chi connectivity index (χ1n) is 7.82. The van der Waals surface area contributed by atoms with Gasteiger partial charge in [0.25, 0.3) is 5.88 Å². The van der Waals surface area contributed by atoms with Crippen LogP contribution in [0.15, 0.2) is 6.07 Å². The molecule has 3 N–H and O–H groups in total. The molecule has 0 bridgehead atoms. The average molecular weight is 324 g/mol. The van der Waals surface area contributed by atoms with Crippen molar-refractivity contribution in [2.24, 2.45) is 0 Å². The second-order valence-corrected chi connectivity index (χ2v) is 5.81. The van der Waals surface area contributed by atoms with Crippen LogP contribution in [0.2, 0.25) is 0 Å². The molecule has 3 rings (SSSR count). The smallest absolute Gasteiger partial charge is 0.259 e. The molecule has 1 amide bonds. The zero-order valence-electron chi connectivity index (χ0n) is 13.0. The molecule has 0 aromatic carbocycles. The molecule has 126 valence electrons. The summed E-state index contributed by atoms with van der Waals surface area (Å²) < 4.78 is 25.3. The van der Waals surface area contributed by atoms with Gasteiger partial charge in [-0.1, -0.05) is 0 Å². The summed E-state index contributed by atoms with van der Waals surface area (Å²) in [5, 5.41) is 8.83. The summed E-state index contributed by atoms with van der Waals surface area (Å²) in [5.74, 6) is -0.705. The first-order chi connectivity index (χ1) is 11.1. The van der Waals surface area contributed by atoms with Gasteiger partial charge in [0.15, 0.2) is 5.75 Å². The Hall–Kier alpha value is -1.93. The van der Waals surface area contributed by atoms with Crippen LogP contribution < -0.4 is 25.4 Å². The Labute approximate surface area is 133 Å². The van der Waals surface area contributed by atoms with Crippen molar-refractivity contribution in [3.63, 3.8) is 0 Å². The van der Waals surface area contributed by atoms with E-state index in [9.17, 15) is 9.18 Å². The summed E-state index contributed by atoms with van der Waals surface area (Å²) in [4.78, 5) is 15.0. The molecular formula is C15H21FN4O3. The van der Waals surface area contributed by atoms with Crippen LogP contribution in [0.1, 0.15) is 19.8 Å². The lowest BCUT2D eigenvalue weighted by molar-refractivity contribution is -0.114. The van der Waals surface area contributed by atoms with Crippen LogP contribution in [0.25, 0.3) is 0 Å². The Morgan fingerprint density at radius 3 is 2.43 bits per heavy atom. The van der Waals surface area contributed by atoms with Gasteiger partial charge in [0.1, 0.15) is 18.9 Å². The molecule has 0 unspecified atom stereocenters. The predicted octanol–water partition coefficient (Wildman–Crippen LogP) is 0.660. The Balaban J connectivity index is 1.72. The third-order valence-electron chi connectivity index (χ3n) is 3.93. The molecule has 0 aliphatic carbocycles. The van der Waals surface area contributed by atoms with Gasteiger partial charge in [-0.25, -0.2) is 0 Å². The molecular weight excluding hydrogens is 303 g/mol. The summed E-state index contributed by atoms with van der Waals surface area (Å²) in [7, 11) is 0. The largest absolute Gasteiger partial charge is 0.486 e. The van der Waals surface area contributed by atoms with Crippen LogP contribution in [0.5, 0.6) is 11.6 Å². The Morgan fingerprint density at radius 2 is 1.91 bits per heavy atom. The number of nitrogens with zero attached hydrogens (tertiary/aromatic N) is 1. The summed E-state index contributed by atoms with van der Waals surface area (Å²) in [6.45, 7) is 4.11. The number of aromatic nitrogens is 1. The van der Waals surface area contributed by atoms with Gasteiger partial charge in [0, 0.05) is 25.1 Å². The van der Waals surface area contributed by atoms with E-state index in [0.29, 0.717) is 19.0 Å². The van der Waals surface area contributed by atoms with E-state index in [0.717, 1.165) is 25.9 Å². The van der Waals surface area contributed by atoms with E-state index in [-0.39, 0.29) is 29.6 Å². The molecule has 2 aliphatic rings. The molecule has 0 spiro atoms. The predicted molar refractivity (Wildman–Crippen MR) is 82.3 cm³/mol. The van der Waals surface area contributed by atoms with E-state index in [1.165, 1.54) is 13.0 Å². The second kappa shape index (κ2) is 7.10. The monoisotopic (exact) mass is 324 g/mol. The van der Waals surface area contributed by atoms with Crippen LogP contribution >= 0.6 is 0 Å². The maximum absolute atomic E-state index is 14.0. The molecule has 2 atom stereocenters. The highest BCUT2D eigenvalue weighted by Gasteiger charge is 2.22. The Kier molecular flexibility index (Phi) is 4.92. The summed E-state index contributed by atoms with van der Waals surface area (Å²) in [5.41, 5.74) is -0.0109. The number of carbonyl (C=O) groups is 1. The molecule has 3 heterocycles. The van der Waals surface area contributed by atoms with Crippen molar-refractivity contribution in [2.75, 3.05) is 31.6 Å². The molecule has 8 heteroatoms. The maximum atomic E-state index is 14.0. The van der Waals surface area contributed by atoms with E-state index < -0.39 is 5.95 Å². The highest BCUT2D eigenvalue weighted by atomic mass is 19.1. The number of pyridine rings is 1. The van der Waals surface area contributed by atoms with Crippen LogP contribution in [0.4, 0.5) is 10.1 Å². The summed E-state index contributed by atoms with van der Waals surface area (Å²) in [6.07, 6.45) is 2.06. The van der Waals surface area contributed by atoms with Crippen LogP contribution in [0.3, 0.4) is 0 Å². The lowest BCUT2D eigenvalue weighted by atomic mass is 10.1. The topological polar surface area (TPSA) is 84.5 Å². The van der Waals surface area contributed by atoms with Crippen molar-refractivity contribution in [1.82, 2.24) is 15.6 Å².